The fourth-order valence-corrected chi connectivity index (χ4v) is 3.24. The van der Waals surface area contributed by atoms with Gasteiger partial charge in [0.15, 0.2) is 5.82 Å². The van der Waals surface area contributed by atoms with E-state index in [0.717, 1.165) is 11.3 Å². The minimum atomic E-state index is -0.591. The van der Waals surface area contributed by atoms with Crippen molar-refractivity contribution >= 4 is 17.8 Å². The number of halogens is 1. The molecule has 1 atom stereocenters. The molecule has 1 fully saturated rings. The Morgan fingerprint density at radius 1 is 1.29 bits per heavy atom. The van der Waals surface area contributed by atoms with Gasteiger partial charge in [0.1, 0.15) is 11.8 Å². The minimum Gasteiger partial charge on any atom is -0.442 e. The Bertz CT molecular complexity index is 1090. The van der Waals surface area contributed by atoms with Crippen LogP contribution in [0.15, 0.2) is 55.0 Å². The number of benzene rings is 1. The van der Waals surface area contributed by atoms with E-state index >= 15 is 0 Å². The van der Waals surface area contributed by atoms with E-state index in [0.29, 0.717) is 12.2 Å². The molecule has 2 N–H and O–H groups in total. The van der Waals surface area contributed by atoms with Crippen molar-refractivity contribution in [3.63, 3.8) is 0 Å². The molecule has 1 aliphatic heterocycles. The number of hydrogen-bond donors (Lipinski definition) is 2. The molecular formula is C21H21FN6O3. The lowest BCUT2D eigenvalue weighted by Crippen LogP contribution is -2.40. The number of anilines is 1. The number of ether oxygens (including phenoxy) is 1. The van der Waals surface area contributed by atoms with Gasteiger partial charge in [-0.15, -0.1) is 0 Å². The largest absolute Gasteiger partial charge is 0.442 e. The Labute approximate surface area is 177 Å². The standard InChI is InChI=1S/C21H21FN6O3/c1-2-23-20(29)25-11-16-13-27(21(30)31-16)15-6-7-19(17(22)9-15)28-12-14(10-26-28)18-5-3-4-8-24-18/h3-10,12,16H,2,11,13H2,1H3,(H2,23,25,29)/t16-/m0/s1. The van der Waals surface area contributed by atoms with Gasteiger partial charge in [-0.3, -0.25) is 9.88 Å². The van der Waals surface area contributed by atoms with E-state index in [-0.39, 0.29) is 24.8 Å². The third-order valence-corrected chi connectivity index (χ3v) is 4.73. The van der Waals surface area contributed by atoms with Crippen LogP contribution in [0.25, 0.3) is 16.9 Å². The average Bonchev–Trinajstić information content (AvgIpc) is 3.40. The van der Waals surface area contributed by atoms with Crippen molar-refractivity contribution in [2.75, 3.05) is 24.5 Å². The van der Waals surface area contributed by atoms with E-state index < -0.39 is 18.0 Å². The van der Waals surface area contributed by atoms with E-state index in [2.05, 4.69) is 20.7 Å². The van der Waals surface area contributed by atoms with Crippen LogP contribution in [0.3, 0.4) is 0 Å². The van der Waals surface area contributed by atoms with Crippen molar-refractivity contribution in [1.29, 1.82) is 0 Å². The normalized spacial score (nSPS) is 15.6. The Balaban J connectivity index is 1.46. The van der Waals surface area contributed by atoms with Gasteiger partial charge in [0, 0.05) is 24.5 Å². The summed E-state index contributed by atoms with van der Waals surface area (Å²) >= 11 is 0. The second-order valence-electron chi connectivity index (χ2n) is 6.88. The van der Waals surface area contributed by atoms with Gasteiger partial charge in [0.25, 0.3) is 0 Å². The van der Waals surface area contributed by atoms with Crippen molar-refractivity contribution in [3.05, 3.63) is 60.8 Å². The number of urea groups is 1. The molecule has 3 heterocycles. The monoisotopic (exact) mass is 424 g/mol. The number of nitrogens with one attached hydrogen (secondary N) is 2. The van der Waals surface area contributed by atoms with E-state index in [9.17, 15) is 14.0 Å². The molecule has 0 unspecified atom stereocenters. The van der Waals surface area contributed by atoms with E-state index in [4.69, 9.17) is 4.74 Å². The zero-order valence-corrected chi connectivity index (χ0v) is 16.8. The molecule has 4 rings (SSSR count). The van der Waals surface area contributed by atoms with Crippen molar-refractivity contribution in [2.24, 2.45) is 0 Å². The van der Waals surface area contributed by atoms with Crippen molar-refractivity contribution < 1.29 is 18.7 Å². The molecule has 0 aliphatic carbocycles. The summed E-state index contributed by atoms with van der Waals surface area (Å²) in [5.41, 5.74) is 2.10. The van der Waals surface area contributed by atoms with Gasteiger partial charge in [-0.25, -0.2) is 18.7 Å². The molecule has 10 heteroatoms. The maximum Gasteiger partial charge on any atom is 0.414 e. The molecule has 1 saturated heterocycles. The third-order valence-electron chi connectivity index (χ3n) is 4.73. The van der Waals surface area contributed by atoms with Crippen LogP contribution in [0, 0.1) is 5.82 Å². The minimum absolute atomic E-state index is 0.165. The van der Waals surface area contributed by atoms with Crippen LogP contribution in [0.5, 0.6) is 0 Å². The number of amides is 3. The molecule has 1 aromatic carbocycles. The van der Waals surface area contributed by atoms with E-state index in [1.807, 2.05) is 18.2 Å². The van der Waals surface area contributed by atoms with Crippen LogP contribution in [-0.2, 0) is 4.74 Å². The number of pyridine rings is 1. The van der Waals surface area contributed by atoms with Crippen LogP contribution >= 0.6 is 0 Å². The molecule has 160 valence electrons. The van der Waals surface area contributed by atoms with Crippen LogP contribution in [0.2, 0.25) is 0 Å². The Kier molecular flexibility index (Phi) is 5.78. The van der Waals surface area contributed by atoms with Gasteiger partial charge in [-0.1, -0.05) is 6.07 Å². The van der Waals surface area contributed by atoms with Crippen molar-refractivity contribution in [2.45, 2.75) is 13.0 Å². The first-order valence-corrected chi connectivity index (χ1v) is 9.81. The van der Waals surface area contributed by atoms with Gasteiger partial charge < -0.3 is 15.4 Å². The highest BCUT2D eigenvalue weighted by Gasteiger charge is 2.33. The Morgan fingerprint density at radius 3 is 2.90 bits per heavy atom. The molecule has 0 radical (unpaired) electrons. The zero-order valence-electron chi connectivity index (χ0n) is 16.8. The van der Waals surface area contributed by atoms with Gasteiger partial charge in [0.05, 0.1) is 30.7 Å². The quantitative estimate of drug-likeness (QED) is 0.634. The van der Waals surface area contributed by atoms with Crippen LogP contribution in [-0.4, -0.2) is 52.6 Å². The molecule has 0 spiro atoms. The molecule has 2 aromatic heterocycles. The fraction of sp³-hybridized carbons (Fsp3) is 0.238. The summed E-state index contributed by atoms with van der Waals surface area (Å²) in [6.45, 7) is 2.67. The number of nitrogens with zero attached hydrogens (tertiary/aromatic N) is 4. The van der Waals surface area contributed by atoms with Crippen molar-refractivity contribution in [1.82, 2.24) is 25.4 Å². The number of carbonyl (C=O) groups is 2. The summed E-state index contributed by atoms with van der Waals surface area (Å²) < 4.78 is 21.5. The summed E-state index contributed by atoms with van der Waals surface area (Å²) in [4.78, 5) is 29.3. The number of aromatic nitrogens is 3. The van der Waals surface area contributed by atoms with Gasteiger partial charge in [-0.05, 0) is 37.3 Å². The third kappa shape index (κ3) is 4.47. The topological polar surface area (TPSA) is 101 Å². The summed E-state index contributed by atoms with van der Waals surface area (Å²) in [7, 11) is 0. The number of rotatable bonds is 6. The maximum atomic E-state index is 14.8. The predicted molar refractivity (Wildman–Crippen MR) is 111 cm³/mol. The highest BCUT2D eigenvalue weighted by Crippen LogP contribution is 2.26. The smallest absolute Gasteiger partial charge is 0.414 e. The first kappa shape index (κ1) is 20.3. The first-order valence-electron chi connectivity index (χ1n) is 9.81. The lowest BCUT2D eigenvalue weighted by molar-refractivity contribution is 0.140. The Hall–Kier alpha value is -3.95. The molecule has 9 nitrogen and oxygen atoms in total. The second kappa shape index (κ2) is 8.82. The maximum absolute atomic E-state index is 14.8. The zero-order chi connectivity index (χ0) is 21.8. The van der Waals surface area contributed by atoms with Crippen LogP contribution in [0.4, 0.5) is 19.7 Å². The molecule has 3 amide bonds. The highest BCUT2D eigenvalue weighted by molar-refractivity contribution is 5.90. The fourth-order valence-electron chi connectivity index (χ4n) is 3.24. The second-order valence-corrected chi connectivity index (χ2v) is 6.88. The molecule has 0 bridgehead atoms. The number of hydrogen-bond acceptors (Lipinski definition) is 5. The van der Waals surface area contributed by atoms with Crippen LogP contribution < -0.4 is 15.5 Å². The molecule has 1 aliphatic rings. The van der Waals surface area contributed by atoms with E-state index in [1.54, 1.807) is 37.6 Å². The van der Waals surface area contributed by atoms with Gasteiger partial charge in [0.2, 0.25) is 0 Å². The molecular weight excluding hydrogens is 403 g/mol. The summed E-state index contributed by atoms with van der Waals surface area (Å²) in [6, 6.07) is 9.63. The summed E-state index contributed by atoms with van der Waals surface area (Å²) in [5, 5.41) is 9.45. The van der Waals surface area contributed by atoms with E-state index in [1.165, 1.54) is 15.6 Å². The molecule has 3 aromatic rings. The van der Waals surface area contributed by atoms with Crippen LogP contribution in [0.1, 0.15) is 6.92 Å². The molecule has 0 saturated carbocycles. The number of cyclic esters (lactones) is 1. The van der Waals surface area contributed by atoms with Gasteiger partial charge in [-0.2, -0.15) is 5.10 Å². The summed E-state index contributed by atoms with van der Waals surface area (Å²) in [5.74, 6) is -0.537. The van der Waals surface area contributed by atoms with Gasteiger partial charge >= 0.3 is 12.1 Å². The number of carbonyl (C=O) groups excluding carboxylic acids is 2. The molecule has 31 heavy (non-hydrogen) atoms. The predicted octanol–water partition coefficient (Wildman–Crippen LogP) is 2.72. The SMILES string of the molecule is CCNC(=O)NC[C@H]1CN(c2ccc(-n3cc(-c4ccccn4)cn3)c(F)c2)C(=O)O1. The lowest BCUT2D eigenvalue weighted by Gasteiger charge is -2.14. The highest BCUT2D eigenvalue weighted by atomic mass is 19.1. The Morgan fingerprint density at radius 2 is 2.16 bits per heavy atom. The summed E-state index contributed by atoms with van der Waals surface area (Å²) in [6.07, 6.45) is 3.86. The average molecular weight is 424 g/mol. The van der Waals surface area contributed by atoms with Crippen molar-refractivity contribution in [3.8, 4) is 16.9 Å². The first-order chi connectivity index (χ1) is 15.0. The lowest BCUT2D eigenvalue weighted by atomic mass is 10.2.